The number of aliphatic hydroxyl groups excluding tert-OH is 1. The highest BCUT2D eigenvalue weighted by atomic mass is 19.1. The second kappa shape index (κ2) is 3.25. The lowest BCUT2D eigenvalue weighted by atomic mass is 9.72. The van der Waals surface area contributed by atoms with E-state index in [1.165, 1.54) is 12.3 Å². The maximum atomic E-state index is 13.0. The van der Waals surface area contributed by atoms with Crippen molar-refractivity contribution in [3.8, 4) is 0 Å². The van der Waals surface area contributed by atoms with Gasteiger partial charge in [0.2, 0.25) is 0 Å². The highest BCUT2D eigenvalue weighted by Crippen LogP contribution is 2.49. The van der Waals surface area contributed by atoms with Crippen molar-refractivity contribution >= 4 is 0 Å². The van der Waals surface area contributed by atoms with Crippen LogP contribution in [-0.4, -0.2) is 21.7 Å². The Morgan fingerprint density at radius 1 is 1.56 bits per heavy atom. The molecule has 1 aromatic rings. The summed E-state index contributed by atoms with van der Waals surface area (Å²) in [5.74, 6) is 0.122. The summed E-state index contributed by atoms with van der Waals surface area (Å²) < 4.78 is 13.0. The van der Waals surface area contributed by atoms with Crippen LogP contribution in [0.25, 0.3) is 0 Å². The second-order valence-corrected chi connectivity index (χ2v) is 5.28. The summed E-state index contributed by atoms with van der Waals surface area (Å²) in [6.07, 6.45) is 4.25. The van der Waals surface area contributed by atoms with Gasteiger partial charge in [0, 0.05) is 23.3 Å². The number of pyridine rings is 1. The summed E-state index contributed by atoms with van der Waals surface area (Å²) in [5.41, 5.74) is 0.755. The van der Waals surface area contributed by atoms with Crippen molar-refractivity contribution in [2.24, 2.45) is 5.92 Å². The van der Waals surface area contributed by atoms with Gasteiger partial charge in [-0.25, -0.2) is 4.39 Å². The minimum absolute atomic E-state index is 0.0496. The molecular weight excluding hydrogens is 207 g/mol. The molecule has 4 rings (SSSR count). The van der Waals surface area contributed by atoms with Crippen molar-refractivity contribution in [3.63, 3.8) is 0 Å². The van der Waals surface area contributed by atoms with Crippen LogP contribution in [-0.2, 0) is 0 Å². The third kappa shape index (κ3) is 1.44. The lowest BCUT2D eigenvalue weighted by Gasteiger charge is -2.33. The van der Waals surface area contributed by atoms with Gasteiger partial charge in [-0.3, -0.25) is 4.98 Å². The van der Waals surface area contributed by atoms with Crippen LogP contribution in [0.4, 0.5) is 4.39 Å². The largest absolute Gasteiger partial charge is 0.387 e. The van der Waals surface area contributed by atoms with Gasteiger partial charge in [-0.1, -0.05) is 0 Å². The Hall–Kier alpha value is -1.00. The van der Waals surface area contributed by atoms with Crippen molar-refractivity contribution in [3.05, 3.63) is 29.8 Å². The number of aliphatic hydroxyl groups is 1. The second-order valence-electron chi connectivity index (χ2n) is 5.28. The van der Waals surface area contributed by atoms with Gasteiger partial charge in [0.25, 0.3) is 0 Å². The van der Waals surface area contributed by atoms with Gasteiger partial charge in [-0.15, -0.1) is 0 Å². The van der Waals surface area contributed by atoms with E-state index >= 15 is 0 Å². The minimum Gasteiger partial charge on any atom is -0.387 e. The van der Waals surface area contributed by atoms with Crippen LogP contribution in [0.5, 0.6) is 0 Å². The van der Waals surface area contributed by atoms with Crippen molar-refractivity contribution in [1.82, 2.24) is 10.3 Å². The average Bonchev–Trinajstić information content (AvgIpc) is 2.70. The first-order chi connectivity index (χ1) is 7.57. The Morgan fingerprint density at radius 3 is 2.88 bits per heavy atom. The highest BCUT2D eigenvalue weighted by molar-refractivity contribution is 5.21. The van der Waals surface area contributed by atoms with Crippen LogP contribution in [0, 0.1) is 11.7 Å². The van der Waals surface area contributed by atoms with Gasteiger partial charge in [0.05, 0.1) is 12.3 Å². The Bertz CT molecular complexity index is 417. The number of rotatable bonds is 2. The Kier molecular flexibility index (Phi) is 2.06. The van der Waals surface area contributed by atoms with E-state index in [2.05, 4.69) is 17.2 Å². The summed E-state index contributed by atoms with van der Waals surface area (Å²) in [6, 6.07) is 1.41. The standard InChI is InChI=1S/C12H15FN2O/c1-12-3-8(4-12)10(15-12)11(16)7-2-9(13)6-14-5-7/h2,5-6,8,10-11,15-16H,3-4H2,1H3/t8?,10-,11-,12?/m1/s1. The lowest BCUT2D eigenvalue weighted by Crippen LogP contribution is -2.40. The van der Waals surface area contributed by atoms with Crippen LogP contribution in [0.2, 0.25) is 0 Å². The monoisotopic (exact) mass is 222 g/mol. The van der Waals surface area contributed by atoms with Crippen molar-refractivity contribution in [1.29, 1.82) is 0 Å². The third-order valence-corrected chi connectivity index (χ3v) is 3.86. The fourth-order valence-electron chi connectivity index (χ4n) is 3.12. The first-order valence-corrected chi connectivity index (χ1v) is 5.64. The van der Waals surface area contributed by atoms with Crippen LogP contribution >= 0.6 is 0 Å². The van der Waals surface area contributed by atoms with Crippen LogP contribution in [0.1, 0.15) is 31.4 Å². The molecule has 0 unspecified atom stereocenters. The Balaban J connectivity index is 1.81. The molecule has 16 heavy (non-hydrogen) atoms. The zero-order chi connectivity index (χ0) is 11.3. The molecular formula is C12H15FN2O. The fraction of sp³-hybridized carbons (Fsp3) is 0.583. The molecule has 3 aliphatic rings. The maximum absolute atomic E-state index is 13.0. The smallest absolute Gasteiger partial charge is 0.141 e. The maximum Gasteiger partial charge on any atom is 0.141 e. The van der Waals surface area contributed by atoms with Crippen LogP contribution < -0.4 is 5.32 Å². The molecule has 3 nitrogen and oxygen atoms in total. The molecule has 2 saturated heterocycles. The predicted molar refractivity (Wildman–Crippen MR) is 57.2 cm³/mol. The van der Waals surface area contributed by atoms with E-state index in [0.29, 0.717) is 11.5 Å². The Morgan fingerprint density at radius 2 is 2.31 bits per heavy atom. The van der Waals surface area contributed by atoms with Gasteiger partial charge < -0.3 is 10.4 Å². The molecule has 3 fully saturated rings. The quantitative estimate of drug-likeness (QED) is 0.795. The molecule has 0 radical (unpaired) electrons. The Labute approximate surface area is 93.7 Å². The minimum atomic E-state index is -0.655. The zero-order valence-electron chi connectivity index (χ0n) is 9.15. The predicted octanol–water partition coefficient (Wildman–Crippen LogP) is 1.39. The van der Waals surface area contributed by atoms with Crippen molar-refractivity contribution in [2.75, 3.05) is 0 Å². The molecule has 1 aromatic heterocycles. The van der Waals surface area contributed by atoms with E-state index in [4.69, 9.17) is 0 Å². The molecule has 4 heteroatoms. The van der Waals surface area contributed by atoms with E-state index in [0.717, 1.165) is 19.0 Å². The zero-order valence-corrected chi connectivity index (χ0v) is 9.15. The van der Waals surface area contributed by atoms with Gasteiger partial charge in [-0.2, -0.15) is 0 Å². The fourth-order valence-corrected chi connectivity index (χ4v) is 3.12. The third-order valence-electron chi connectivity index (χ3n) is 3.86. The van der Waals surface area contributed by atoms with E-state index in [1.54, 1.807) is 0 Å². The van der Waals surface area contributed by atoms with Crippen LogP contribution in [0.15, 0.2) is 18.5 Å². The first-order valence-electron chi connectivity index (χ1n) is 5.64. The van der Waals surface area contributed by atoms with Crippen molar-refractivity contribution in [2.45, 2.75) is 37.5 Å². The number of nitrogens with zero attached hydrogens (tertiary/aromatic N) is 1. The number of aromatic nitrogens is 1. The molecule has 0 aromatic carbocycles. The molecule has 1 saturated carbocycles. The van der Waals surface area contributed by atoms with Gasteiger partial charge in [0.1, 0.15) is 5.82 Å². The van der Waals surface area contributed by atoms with Gasteiger partial charge in [-0.05, 0) is 31.7 Å². The average molecular weight is 222 g/mol. The van der Waals surface area contributed by atoms with Crippen LogP contribution in [0.3, 0.4) is 0 Å². The number of nitrogens with one attached hydrogen (secondary N) is 1. The van der Waals surface area contributed by atoms with E-state index in [9.17, 15) is 9.50 Å². The first kappa shape index (κ1) is 10.2. The van der Waals surface area contributed by atoms with Gasteiger partial charge in [0.15, 0.2) is 0 Å². The number of halogens is 1. The summed E-state index contributed by atoms with van der Waals surface area (Å²) in [7, 11) is 0. The molecule has 2 bridgehead atoms. The summed E-state index contributed by atoms with van der Waals surface area (Å²) in [5, 5.41) is 13.6. The molecule has 2 N–H and O–H groups in total. The number of hydrogen-bond donors (Lipinski definition) is 2. The molecule has 3 heterocycles. The van der Waals surface area contributed by atoms with E-state index in [-0.39, 0.29) is 11.6 Å². The molecule has 0 amide bonds. The molecule has 0 spiro atoms. The SMILES string of the molecule is CC12CC(C1)[C@H]([C@H](O)c1cncc(F)c1)N2. The van der Waals surface area contributed by atoms with E-state index in [1.807, 2.05) is 0 Å². The molecule has 2 aliphatic heterocycles. The van der Waals surface area contributed by atoms with E-state index < -0.39 is 11.9 Å². The summed E-state index contributed by atoms with van der Waals surface area (Å²) >= 11 is 0. The molecule has 2 atom stereocenters. The van der Waals surface area contributed by atoms with Gasteiger partial charge >= 0.3 is 0 Å². The highest BCUT2D eigenvalue weighted by Gasteiger charge is 2.54. The van der Waals surface area contributed by atoms with Crippen molar-refractivity contribution < 1.29 is 9.50 Å². The summed E-state index contributed by atoms with van der Waals surface area (Å²) in [6.45, 7) is 2.17. The lowest BCUT2D eigenvalue weighted by molar-refractivity contribution is 0.120. The summed E-state index contributed by atoms with van der Waals surface area (Å²) in [4.78, 5) is 3.77. The topological polar surface area (TPSA) is 45.2 Å². The molecule has 86 valence electrons. The number of fused-ring (bicyclic) bond motifs is 1. The normalized spacial score (nSPS) is 38.2. The molecule has 1 aliphatic carbocycles. The number of hydrogen-bond acceptors (Lipinski definition) is 3.